The van der Waals surface area contributed by atoms with Crippen LogP contribution in [0.4, 0.5) is 0 Å². The number of rotatable bonds is 3. The summed E-state index contributed by atoms with van der Waals surface area (Å²) in [5, 5.41) is 5.11. The lowest BCUT2D eigenvalue weighted by Crippen LogP contribution is -2.17. The summed E-state index contributed by atoms with van der Waals surface area (Å²) in [4.78, 5) is 10.8. The third-order valence-electron chi connectivity index (χ3n) is 9.98. The van der Waals surface area contributed by atoms with Crippen LogP contribution in [-0.2, 0) is 5.41 Å². The zero-order valence-electron chi connectivity index (χ0n) is 26.0. The Labute approximate surface area is 276 Å². The van der Waals surface area contributed by atoms with Crippen LogP contribution in [0.3, 0.4) is 0 Å². The number of hydrogen-bond donors (Lipinski definition) is 0. The van der Waals surface area contributed by atoms with Crippen molar-refractivity contribution in [1.29, 1.82) is 0 Å². The molecule has 3 heterocycles. The molecule has 3 aromatic heterocycles. The molecule has 0 bridgehead atoms. The summed E-state index contributed by atoms with van der Waals surface area (Å²) in [6.45, 7) is 4.58. The lowest BCUT2D eigenvalue weighted by atomic mass is 9.85. The summed E-state index contributed by atoms with van der Waals surface area (Å²) in [7, 11) is 0. The van der Waals surface area contributed by atoms with Crippen LogP contribution in [0.5, 0.6) is 0 Å². The Kier molecular flexibility index (Phi) is 5.50. The lowest BCUT2D eigenvalue weighted by Gasteiger charge is -2.21. The first-order chi connectivity index (χ1) is 23.1. The van der Waals surface area contributed by atoms with E-state index in [2.05, 4.69) is 152 Å². The van der Waals surface area contributed by atoms with Gasteiger partial charge in [-0.05, 0) is 29.3 Å². The monoisotopic (exact) mass is 619 g/mol. The quantitative estimate of drug-likeness (QED) is 0.197. The molecule has 6 aromatic carbocycles. The van der Waals surface area contributed by atoms with Gasteiger partial charge in [0, 0.05) is 48.4 Å². The van der Waals surface area contributed by atoms with Gasteiger partial charge in [-0.3, -0.25) is 0 Å². The summed E-state index contributed by atoms with van der Waals surface area (Å²) in [6, 6.07) is 50.1. The maximum Gasteiger partial charge on any atom is 0.160 e. The number of fused-ring (bicyclic) bond motifs is 10. The predicted molar refractivity (Wildman–Crippen MR) is 198 cm³/mol. The van der Waals surface area contributed by atoms with Crippen molar-refractivity contribution >= 4 is 53.3 Å². The highest BCUT2D eigenvalue weighted by molar-refractivity contribution is 7.26. The second kappa shape index (κ2) is 9.71. The molecule has 0 amide bonds. The van der Waals surface area contributed by atoms with Crippen LogP contribution in [0.2, 0.25) is 0 Å². The molecule has 10 rings (SSSR count). The Balaban J connectivity index is 1.35. The van der Waals surface area contributed by atoms with Crippen LogP contribution in [0.15, 0.2) is 140 Å². The van der Waals surface area contributed by atoms with Crippen LogP contribution in [-0.4, -0.2) is 14.5 Å². The fourth-order valence-corrected chi connectivity index (χ4v) is 9.04. The summed E-state index contributed by atoms with van der Waals surface area (Å²) in [6.07, 6.45) is 0. The minimum absolute atomic E-state index is 0.266. The Bertz CT molecular complexity index is 2710. The van der Waals surface area contributed by atoms with E-state index in [4.69, 9.17) is 9.97 Å². The Morgan fingerprint density at radius 1 is 0.574 bits per heavy atom. The van der Waals surface area contributed by atoms with Gasteiger partial charge in [0.1, 0.15) is 0 Å². The van der Waals surface area contributed by atoms with Crippen LogP contribution < -0.4 is 0 Å². The van der Waals surface area contributed by atoms with Gasteiger partial charge >= 0.3 is 0 Å². The molecular weight excluding hydrogens is 591 g/mol. The van der Waals surface area contributed by atoms with Crippen molar-refractivity contribution in [2.24, 2.45) is 0 Å². The van der Waals surface area contributed by atoms with Gasteiger partial charge in [0.15, 0.2) is 5.82 Å². The minimum atomic E-state index is -0.266. The Morgan fingerprint density at radius 2 is 1.26 bits per heavy atom. The van der Waals surface area contributed by atoms with Gasteiger partial charge in [-0.15, -0.1) is 11.3 Å². The standard InChI is InChI=1S/C43H29N3S/c1-43(2)33-20-10-6-18-31(33)37-38(44-42(45-41(37)43)26-14-4-3-5-15-26)32-19-8-12-22-35(32)46-34-21-11-7-16-27(34)29-24-25-30-28-17-9-13-23-36(28)47-40(30)39(29)46/h3-25H,1-2H3. The third-order valence-corrected chi connectivity index (χ3v) is 11.2. The molecule has 0 N–H and O–H groups in total. The molecule has 0 fully saturated rings. The summed E-state index contributed by atoms with van der Waals surface area (Å²) < 4.78 is 5.10. The van der Waals surface area contributed by atoms with Crippen molar-refractivity contribution < 1.29 is 0 Å². The van der Waals surface area contributed by atoms with E-state index in [9.17, 15) is 0 Å². The third kappa shape index (κ3) is 3.67. The number of thiophene rings is 1. The van der Waals surface area contributed by atoms with Crippen LogP contribution in [0.25, 0.3) is 81.4 Å². The highest BCUT2D eigenvalue weighted by Gasteiger charge is 2.40. The smallest absolute Gasteiger partial charge is 0.160 e. The van der Waals surface area contributed by atoms with Crippen LogP contribution in [0, 0.1) is 0 Å². The van der Waals surface area contributed by atoms with E-state index < -0.39 is 0 Å². The number of benzene rings is 6. The summed E-state index contributed by atoms with van der Waals surface area (Å²) in [5.41, 5.74) is 11.1. The molecule has 47 heavy (non-hydrogen) atoms. The lowest BCUT2D eigenvalue weighted by molar-refractivity contribution is 0.636. The van der Waals surface area contributed by atoms with Crippen molar-refractivity contribution in [3.63, 3.8) is 0 Å². The molecule has 1 aliphatic rings. The molecule has 0 radical (unpaired) electrons. The molecule has 0 saturated heterocycles. The molecule has 0 unspecified atom stereocenters. The van der Waals surface area contributed by atoms with Gasteiger partial charge in [0.25, 0.3) is 0 Å². The Morgan fingerprint density at radius 3 is 2.13 bits per heavy atom. The molecule has 0 spiro atoms. The minimum Gasteiger partial charge on any atom is -0.307 e. The molecule has 3 nitrogen and oxygen atoms in total. The maximum absolute atomic E-state index is 5.46. The van der Waals surface area contributed by atoms with Crippen molar-refractivity contribution in [3.8, 4) is 39.5 Å². The maximum atomic E-state index is 5.46. The normalized spacial score (nSPS) is 13.5. The van der Waals surface area contributed by atoms with Gasteiger partial charge < -0.3 is 4.57 Å². The fourth-order valence-electron chi connectivity index (χ4n) is 7.80. The first-order valence-electron chi connectivity index (χ1n) is 16.1. The van der Waals surface area contributed by atoms with Gasteiger partial charge in [0.05, 0.1) is 32.8 Å². The van der Waals surface area contributed by atoms with E-state index in [1.165, 1.54) is 53.1 Å². The van der Waals surface area contributed by atoms with E-state index in [-0.39, 0.29) is 5.41 Å². The van der Waals surface area contributed by atoms with Gasteiger partial charge in [-0.1, -0.05) is 135 Å². The van der Waals surface area contributed by atoms with Crippen LogP contribution >= 0.6 is 11.3 Å². The molecule has 9 aromatic rings. The highest BCUT2D eigenvalue weighted by Crippen LogP contribution is 2.52. The molecule has 0 aliphatic heterocycles. The van der Waals surface area contributed by atoms with E-state index in [0.717, 1.165) is 39.6 Å². The first kappa shape index (κ1) is 26.6. The van der Waals surface area contributed by atoms with Crippen molar-refractivity contribution in [3.05, 3.63) is 151 Å². The second-order valence-corrected chi connectivity index (χ2v) is 14.0. The van der Waals surface area contributed by atoms with Crippen molar-refractivity contribution in [2.75, 3.05) is 0 Å². The first-order valence-corrected chi connectivity index (χ1v) is 16.9. The number of nitrogens with zero attached hydrogens (tertiary/aromatic N) is 3. The molecule has 1 aliphatic carbocycles. The zero-order valence-corrected chi connectivity index (χ0v) is 26.8. The van der Waals surface area contributed by atoms with Crippen LogP contribution in [0.1, 0.15) is 25.1 Å². The second-order valence-electron chi connectivity index (χ2n) is 13.0. The van der Waals surface area contributed by atoms with E-state index in [1.54, 1.807) is 0 Å². The topological polar surface area (TPSA) is 30.7 Å². The molecular formula is C43H29N3S. The number of para-hydroxylation sites is 2. The van der Waals surface area contributed by atoms with Gasteiger partial charge in [0.2, 0.25) is 0 Å². The van der Waals surface area contributed by atoms with Crippen molar-refractivity contribution in [2.45, 2.75) is 19.3 Å². The number of hydrogen-bond acceptors (Lipinski definition) is 3. The average Bonchev–Trinajstić information content (AvgIpc) is 3.74. The SMILES string of the molecule is CC1(C)c2ccccc2-c2c(-c3ccccc3-n3c4ccccc4c4ccc5c6ccccc6sc5c43)nc(-c3ccccc3)nc21. The molecule has 4 heteroatoms. The van der Waals surface area contributed by atoms with Gasteiger partial charge in [-0.25, -0.2) is 9.97 Å². The summed E-state index contributed by atoms with van der Waals surface area (Å²) in [5.74, 6) is 0.754. The van der Waals surface area contributed by atoms with Gasteiger partial charge in [-0.2, -0.15) is 0 Å². The molecule has 0 atom stereocenters. The molecule has 0 saturated carbocycles. The Hall–Kier alpha value is -5.58. The largest absolute Gasteiger partial charge is 0.307 e. The van der Waals surface area contributed by atoms with E-state index in [0.29, 0.717) is 0 Å². The zero-order chi connectivity index (χ0) is 31.3. The molecule has 222 valence electrons. The van der Waals surface area contributed by atoms with Crippen molar-refractivity contribution in [1.82, 2.24) is 14.5 Å². The summed E-state index contributed by atoms with van der Waals surface area (Å²) >= 11 is 1.88. The van der Waals surface area contributed by atoms with E-state index >= 15 is 0 Å². The average molecular weight is 620 g/mol. The van der Waals surface area contributed by atoms with E-state index in [1.807, 2.05) is 17.4 Å². The highest BCUT2D eigenvalue weighted by atomic mass is 32.1. The predicted octanol–water partition coefficient (Wildman–Crippen LogP) is 11.6. The number of aromatic nitrogens is 3. The fraction of sp³-hybridized carbons (Fsp3) is 0.0698.